The molecule has 110 valence electrons. The normalized spacial score (nSPS) is 16.9. The second-order valence-corrected chi connectivity index (χ2v) is 6.37. The molecule has 1 saturated carbocycles. The van der Waals surface area contributed by atoms with Crippen LogP contribution in [0.1, 0.15) is 36.0 Å². The molecule has 0 radical (unpaired) electrons. The third kappa shape index (κ3) is 3.17. The highest BCUT2D eigenvalue weighted by atomic mass is 32.2. The molecular formula is C14H21N3O2S. The molecule has 0 atom stereocenters. The van der Waals surface area contributed by atoms with Crippen molar-refractivity contribution in [3.63, 3.8) is 0 Å². The standard InChI is InChI=1S/C14H21N3O2S/c1-19-13(18)10-7-12(16-8-11(10)15)17-9-14(20-2)5-3-4-6-14/h7-8H,3-6,9,15H2,1-2H3,(H,16,17). The van der Waals surface area contributed by atoms with Crippen LogP contribution in [0.5, 0.6) is 0 Å². The molecule has 0 aliphatic heterocycles. The molecule has 3 N–H and O–H groups in total. The van der Waals surface area contributed by atoms with Gasteiger partial charge in [-0.2, -0.15) is 11.8 Å². The largest absolute Gasteiger partial charge is 0.465 e. The molecule has 0 bridgehead atoms. The number of ether oxygens (including phenoxy) is 1. The van der Waals surface area contributed by atoms with E-state index < -0.39 is 5.97 Å². The number of esters is 1. The van der Waals surface area contributed by atoms with Crippen LogP contribution in [0.25, 0.3) is 0 Å². The lowest BCUT2D eigenvalue weighted by molar-refractivity contribution is 0.0602. The molecule has 1 aromatic rings. The fraction of sp³-hybridized carbons (Fsp3) is 0.571. The zero-order chi connectivity index (χ0) is 14.6. The van der Waals surface area contributed by atoms with Crippen LogP contribution in [0.2, 0.25) is 0 Å². The second kappa shape index (κ2) is 6.35. The maximum absolute atomic E-state index is 11.6. The molecule has 0 unspecified atom stereocenters. The van der Waals surface area contributed by atoms with Crippen LogP contribution < -0.4 is 11.1 Å². The summed E-state index contributed by atoms with van der Waals surface area (Å²) < 4.78 is 5.00. The van der Waals surface area contributed by atoms with Crippen LogP contribution in [-0.4, -0.2) is 35.6 Å². The molecule has 1 fully saturated rings. The Hall–Kier alpha value is -1.43. The van der Waals surface area contributed by atoms with Gasteiger partial charge in [0, 0.05) is 11.3 Å². The molecule has 1 aliphatic rings. The third-order valence-corrected chi connectivity index (χ3v) is 5.30. The van der Waals surface area contributed by atoms with Crippen molar-refractivity contribution in [2.45, 2.75) is 30.4 Å². The van der Waals surface area contributed by atoms with E-state index in [1.54, 1.807) is 6.07 Å². The second-order valence-electron chi connectivity index (χ2n) is 5.10. The van der Waals surface area contributed by atoms with Gasteiger partial charge >= 0.3 is 5.97 Å². The van der Waals surface area contributed by atoms with Crippen LogP contribution in [0, 0.1) is 0 Å². The number of nitrogens with zero attached hydrogens (tertiary/aromatic N) is 1. The lowest BCUT2D eigenvalue weighted by atomic mass is 10.1. The van der Waals surface area contributed by atoms with Gasteiger partial charge in [0.05, 0.1) is 24.6 Å². The highest BCUT2D eigenvalue weighted by Crippen LogP contribution is 2.40. The topological polar surface area (TPSA) is 77.2 Å². The summed E-state index contributed by atoms with van der Waals surface area (Å²) in [7, 11) is 1.34. The first-order valence-corrected chi connectivity index (χ1v) is 7.95. The first-order valence-electron chi connectivity index (χ1n) is 6.73. The molecule has 1 aromatic heterocycles. The number of nitrogen functional groups attached to an aromatic ring is 1. The maximum atomic E-state index is 11.6. The SMILES string of the molecule is COC(=O)c1cc(NCC2(SC)CCCC2)ncc1N. The zero-order valence-electron chi connectivity index (χ0n) is 11.9. The Bertz CT molecular complexity index is 487. The number of nitrogens with one attached hydrogen (secondary N) is 1. The first-order chi connectivity index (χ1) is 9.60. The van der Waals surface area contributed by atoms with E-state index in [0.29, 0.717) is 17.1 Å². The Kier molecular flexibility index (Phi) is 4.75. The molecule has 5 nitrogen and oxygen atoms in total. The summed E-state index contributed by atoms with van der Waals surface area (Å²) in [4.78, 5) is 15.8. The smallest absolute Gasteiger partial charge is 0.340 e. The minimum atomic E-state index is -0.437. The molecule has 1 aliphatic carbocycles. The number of methoxy groups -OCH3 is 1. The fourth-order valence-electron chi connectivity index (χ4n) is 2.57. The molecule has 1 heterocycles. The summed E-state index contributed by atoms with van der Waals surface area (Å²) in [6.45, 7) is 0.853. The highest BCUT2D eigenvalue weighted by molar-refractivity contribution is 8.00. The van der Waals surface area contributed by atoms with E-state index in [0.717, 1.165) is 6.54 Å². The average Bonchev–Trinajstić information content (AvgIpc) is 2.95. The van der Waals surface area contributed by atoms with Crippen LogP contribution in [0.4, 0.5) is 11.5 Å². The predicted molar refractivity (Wildman–Crippen MR) is 83.2 cm³/mol. The Morgan fingerprint density at radius 1 is 1.55 bits per heavy atom. The van der Waals surface area contributed by atoms with Crippen LogP contribution in [-0.2, 0) is 4.74 Å². The summed E-state index contributed by atoms with van der Waals surface area (Å²) in [5.74, 6) is 0.230. The monoisotopic (exact) mass is 295 g/mol. The van der Waals surface area contributed by atoms with Gasteiger partial charge < -0.3 is 15.8 Å². The van der Waals surface area contributed by atoms with Crippen molar-refractivity contribution in [2.24, 2.45) is 0 Å². The minimum Gasteiger partial charge on any atom is -0.465 e. The number of carbonyl (C=O) groups is 1. The van der Waals surface area contributed by atoms with Crippen LogP contribution in [0.15, 0.2) is 12.3 Å². The highest BCUT2D eigenvalue weighted by Gasteiger charge is 2.32. The van der Waals surface area contributed by atoms with E-state index in [9.17, 15) is 4.79 Å². The predicted octanol–water partition coefficient (Wildman–Crippen LogP) is 2.54. The van der Waals surface area contributed by atoms with E-state index in [1.165, 1.54) is 39.0 Å². The quantitative estimate of drug-likeness (QED) is 0.813. The van der Waals surface area contributed by atoms with Crippen molar-refractivity contribution < 1.29 is 9.53 Å². The number of hydrogen-bond donors (Lipinski definition) is 2. The van der Waals surface area contributed by atoms with Gasteiger partial charge in [-0.05, 0) is 25.2 Å². The summed E-state index contributed by atoms with van der Waals surface area (Å²) >= 11 is 1.91. The van der Waals surface area contributed by atoms with E-state index in [4.69, 9.17) is 10.5 Å². The molecule has 0 aromatic carbocycles. The lowest BCUT2D eigenvalue weighted by Gasteiger charge is -2.27. The number of thioether (sulfide) groups is 1. The van der Waals surface area contributed by atoms with E-state index in [1.807, 2.05) is 11.8 Å². The van der Waals surface area contributed by atoms with Gasteiger partial charge in [0.2, 0.25) is 0 Å². The van der Waals surface area contributed by atoms with Gasteiger partial charge in [-0.25, -0.2) is 9.78 Å². The lowest BCUT2D eigenvalue weighted by Crippen LogP contribution is -2.30. The van der Waals surface area contributed by atoms with Crippen molar-refractivity contribution in [3.8, 4) is 0 Å². The Labute approximate surface area is 123 Å². The zero-order valence-corrected chi connectivity index (χ0v) is 12.8. The van der Waals surface area contributed by atoms with Gasteiger partial charge in [0.25, 0.3) is 0 Å². The molecule has 0 spiro atoms. The number of hydrogen-bond acceptors (Lipinski definition) is 6. The third-order valence-electron chi connectivity index (χ3n) is 3.88. The Morgan fingerprint density at radius 2 is 2.25 bits per heavy atom. The molecule has 0 saturated heterocycles. The van der Waals surface area contributed by atoms with Crippen molar-refractivity contribution in [2.75, 3.05) is 31.0 Å². The van der Waals surface area contributed by atoms with Crippen molar-refractivity contribution >= 4 is 29.2 Å². The average molecular weight is 295 g/mol. The summed E-state index contributed by atoms with van der Waals surface area (Å²) in [6, 6.07) is 1.66. The van der Waals surface area contributed by atoms with Gasteiger partial charge in [-0.15, -0.1) is 0 Å². The van der Waals surface area contributed by atoms with Gasteiger partial charge in [0.15, 0.2) is 0 Å². The number of aromatic nitrogens is 1. The molecule has 0 amide bonds. The number of rotatable bonds is 5. The number of nitrogens with two attached hydrogens (primary N) is 1. The number of anilines is 2. The molecule has 20 heavy (non-hydrogen) atoms. The van der Waals surface area contributed by atoms with Crippen molar-refractivity contribution in [3.05, 3.63) is 17.8 Å². The van der Waals surface area contributed by atoms with Gasteiger partial charge in [-0.3, -0.25) is 0 Å². The van der Waals surface area contributed by atoms with E-state index >= 15 is 0 Å². The number of carbonyl (C=O) groups excluding carboxylic acids is 1. The van der Waals surface area contributed by atoms with Gasteiger partial charge in [0.1, 0.15) is 5.82 Å². The molecule has 2 rings (SSSR count). The minimum absolute atomic E-state index is 0.286. The molecule has 6 heteroatoms. The van der Waals surface area contributed by atoms with Crippen LogP contribution >= 0.6 is 11.8 Å². The van der Waals surface area contributed by atoms with Crippen molar-refractivity contribution in [1.29, 1.82) is 0 Å². The number of pyridine rings is 1. The van der Waals surface area contributed by atoms with Crippen LogP contribution in [0.3, 0.4) is 0 Å². The fourth-order valence-corrected chi connectivity index (χ4v) is 3.49. The summed E-state index contributed by atoms with van der Waals surface area (Å²) in [5, 5.41) is 3.33. The molecular weight excluding hydrogens is 274 g/mol. The van der Waals surface area contributed by atoms with E-state index in [-0.39, 0.29) is 4.75 Å². The first kappa shape index (κ1) is 15.0. The summed E-state index contributed by atoms with van der Waals surface area (Å²) in [5.41, 5.74) is 6.43. The maximum Gasteiger partial charge on any atom is 0.340 e. The summed E-state index contributed by atoms with van der Waals surface area (Å²) in [6.07, 6.45) is 8.66. The van der Waals surface area contributed by atoms with Gasteiger partial charge in [-0.1, -0.05) is 12.8 Å². The Balaban J connectivity index is 2.08. The Morgan fingerprint density at radius 3 is 2.85 bits per heavy atom. The van der Waals surface area contributed by atoms with E-state index in [2.05, 4.69) is 16.6 Å². The van der Waals surface area contributed by atoms with Crippen molar-refractivity contribution in [1.82, 2.24) is 4.98 Å².